The Bertz CT molecular complexity index is 886. The standard InChI is InChI=1S/C17H13ClF3N3OS/c1-9-3-2-6-22-14(9)23-16-24-15(25)13(26-16)8-10-7-11(17(19,20)21)4-5-12(10)18/h2-7,13H,8H2,1H3,(H,22,23,24,25). The summed E-state index contributed by atoms with van der Waals surface area (Å²) >= 11 is 7.16. The van der Waals surface area contributed by atoms with Gasteiger partial charge in [-0.15, -0.1) is 0 Å². The van der Waals surface area contributed by atoms with E-state index in [4.69, 9.17) is 11.6 Å². The van der Waals surface area contributed by atoms with Crippen LogP contribution in [0.25, 0.3) is 0 Å². The van der Waals surface area contributed by atoms with E-state index in [1.807, 2.05) is 13.0 Å². The Kier molecular flexibility index (Phi) is 5.24. The molecule has 136 valence electrons. The number of carbonyl (C=O) groups excluding carboxylic acids is 1. The molecule has 4 nitrogen and oxygen atoms in total. The van der Waals surface area contributed by atoms with Crippen molar-refractivity contribution >= 4 is 40.3 Å². The summed E-state index contributed by atoms with van der Waals surface area (Å²) in [6, 6.07) is 6.72. The summed E-state index contributed by atoms with van der Waals surface area (Å²) in [6.45, 7) is 1.84. The highest BCUT2D eigenvalue weighted by molar-refractivity contribution is 8.15. The maximum atomic E-state index is 12.9. The third-order valence-electron chi connectivity index (χ3n) is 3.74. The highest BCUT2D eigenvalue weighted by Gasteiger charge is 2.34. The highest BCUT2D eigenvalue weighted by Crippen LogP contribution is 2.34. The minimum Gasteiger partial charge on any atom is -0.304 e. The number of benzene rings is 1. The first-order valence-corrected chi connectivity index (χ1v) is 8.83. The first-order chi connectivity index (χ1) is 12.2. The van der Waals surface area contributed by atoms with E-state index in [0.29, 0.717) is 11.0 Å². The molecule has 1 fully saturated rings. The zero-order valence-electron chi connectivity index (χ0n) is 13.5. The Morgan fingerprint density at radius 2 is 2.12 bits per heavy atom. The first-order valence-electron chi connectivity index (χ1n) is 7.57. The number of aryl methyl sites for hydroxylation is 1. The molecule has 0 aliphatic carbocycles. The monoisotopic (exact) mass is 399 g/mol. The van der Waals surface area contributed by atoms with Crippen LogP contribution in [0.3, 0.4) is 0 Å². The number of hydrogen-bond acceptors (Lipinski definition) is 4. The SMILES string of the molecule is Cc1cccnc1/N=C1/NC(=O)C(Cc2cc(C(F)(F)F)ccc2Cl)S1. The van der Waals surface area contributed by atoms with Crippen molar-refractivity contribution in [2.24, 2.45) is 4.99 Å². The molecule has 1 aromatic carbocycles. The van der Waals surface area contributed by atoms with Crippen molar-refractivity contribution in [2.75, 3.05) is 0 Å². The number of nitrogens with one attached hydrogen (secondary N) is 1. The quantitative estimate of drug-likeness (QED) is 0.825. The van der Waals surface area contributed by atoms with Crippen LogP contribution in [0.2, 0.25) is 5.02 Å². The van der Waals surface area contributed by atoms with Gasteiger partial charge in [-0.25, -0.2) is 9.98 Å². The van der Waals surface area contributed by atoms with Crippen LogP contribution >= 0.6 is 23.4 Å². The van der Waals surface area contributed by atoms with Gasteiger partial charge in [0, 0.05) is 11.2 Å². The van der Waals surface area contributed by atoms with Gasteiger partial charge in [-0.3, -0.25) is 4.79 Å². The molecule has 2 aromatic rings. The topological polar surface area (TPSA) is 54.4 Å². The summed E-state index contributed by atoms with van der Waals surface area (Å²) in [5.74, 6) is 0.156. The second-order valence-corrected chi connectivity index (χ2v) is 7.26. The summed E-state index contributed by atoms with van der Waals surface area (Å²) < 4.78 is 38.6. The molecule has 1 saturated heterocycles. The molecule has 1 aliphatic heterocycles. The van der Waals surface area contributed by atoms with Gasteiger partial charge < -0.3 is 5.32 Å². The second-order valence-electron chi connectivity index (χ2n) is 5.66. The lowest BCUT2D eigenvalue weighted by atomic mass is 10.1. The van der Waals surface area contributed by atoms with Crippen LogP contribution < -0.4 is 5.32 Å². The lowest BCUT2D eigenvalue weighted by Crippen LogP contribution is -2.26. The molecule has 1 unspecified atom stereocenters. The molecule has 0 radical (unpaired) electrons. The Morgan fingerprint density at radius 3 is 2.81 bits per heavy atom. The van der Waals surface area contributed by atoms with Gasteiger partial charge in [0.15, 0.2) is 11.0 Å². The molecule has 1 aliphatic rings. The summed E-state index contributed by atoms with van der Waals surface area (Å²) in [7, 11) is 0. The number of amides is 1. The minimum atomic E-state index is -4.46. The van der Waals surface area contributed by atoms with Crippen molar-refractivity contribution in [3.8, 4) is 0 Å². The molecule has 0 spiro atoms. The summed E-state index contributed by atoms with van der Waals surface area (Å²) in [6.07, 6.45) is -2.80. The van der Waals surface area contributed by atoms with Crippen molar-refractivity contribution in [1.29, 1.82) is 0 Å². The van der Waals surface area contributed by atoms with Gasteiger partial charge in [0.1, 0.15) is 0 Å². The Labute approximate surface area is 156 Å². The fourth-order valence-corrected chi connectivity index (χ4v) is 3.58. The van der Waals surface area contributed by atoms with E-state index in [-0.39, 0.29) is 22.9 Å². The number of hydrogen-bond donors (Lipinski definition) is 1. The zero-order valence-corrected chi connectivity index (χ0v) is 15.0. The lowest BCUT2D eigenvalue weighted by Gasteiger charge is -2.12. The van der Waals surface area contributed by atoms with Gasteiger partial charge in [0.05, 0.1) is 10.8 Å². The van der Waals surface area contributed by atoms with Crippen LogP contribution in [0.15, 0.2) is 41.5 Å². The van der Waals surface area contributed by atoms with E-state index in [0.717, 1.165) is 29.5 Å². The highest BCUT2D eigenvalue weighted by atomic mass is 35.5. The number of aliphatic imine (C=N–C) groups is 1. The molecular weight excluding hydrogens is 387 g/mol. The van der Waals surface area contributed by atoms with Gasteiger partial charge in [0.2, 0.25) is 5.91 Å². The number of nitrogens with zero attached hydrogens (tertiary/aromatic N) is 2. The van der Waals surface area contributed by atoms with E-state index >= 15 is 0 Å². The Hall–Kier alpha value is -2.06. The van der Waals surface area contributed by atoms with Crippen LogP contribution in [0.4, 0.5) is 19.0 Å². The molecule has 0 bridgehead atoms. The maximum Gasteiger partial charge on any atom is 0.416 e. The number of pyridine rings is 1. The van der Waals surface area contributed by atoms with Gasteiger partial charge in [-0.1, -0.05) is 29.4 Å². The van der Waals surface area contributed by atoms with Gasteiger partial charge >= 0.3 is 6.18 Å². The van der Waals surface area contributed by atoms with E-state index in [1.165, 1.54) is 6.07 Å². The largest absolute Gasteiger partial charge is 0.416 e. The summed E-state index contributed by atoms with van der Waals surface area (Å²) in [5, 5.41) is 2.58. The van der Waals surface area contributed by atoms with E-state index in [2.05, 4.69) is 15.3 Å². The molecule has 26 heavy (non-hydrogen) atoms. The molecule has 0 saturated carbocycles. The molecule has 1 N–H and O–H groups in total. The number of carbonyl (C=O) groups is 1. The predicted octanol–water partition coefficient (Wildman–Crippen LogP) is 4.52. The third-order valence-corrected chi connectivity index (χ3v) is 5.19. The molecule has 1 aromatic heterocycles. The molecule has 1 atom stereocenters. The molecular formula is C17H13ClF3N3OS. The Balaban J connectivity index is 1.80. The van der Waals surface area contributed by atoms with Crippen molar-refractivity contribution in [2.45, 2.75) is 24.8 Å². The third kappa shape index (κ3) is 4.19. The smallest absolute Gasteiger partial charge is 0.304 e. The van der Waals surface area contributed by atoms with Crippen LogP contribution in [0.1, 0.15) is 16.7 Å². The lowest BCUT2D eigenvalue weighted by molar-refractivity contribution is -0.137. The van der Waals surface area contributed by atoms with Crippen LogP contribution in [0, 0.1) is 6.92 Å². The van der Waals surface area contributed by atoms with Gasteiger partial charge in [-0.2, -0.15) is 13.2 Å². The normalized spacial score (nSPS) is 19.0. The van der Waals surface area contributed by atoms with E-state index in [1.54, 1.807) is 12.3 Å². The van der Waals surface area contributed by atoms with Crippen LogP contribution in [0.5, 0.6) is 0 Å². The van der Waals surface area contributed by atoms with Crippen molar-refractivity contribution in [3.63, 3.8) is 0 Å². The van der Waals surface area contributed by atoms with E-state index < -0.39 is 17.0 Å². The van der Waals surface area contributed by atoms with Gasteiger partial charge in [0.25, 0.3) is 0 Å². The van der Waals surface area contributed by atoms with Crippen LogP contribution in [-0.4, -0.2) is 21.3 Å². The Morgan fingerprint density at radius 1 is 1.35 bits per heavy atom. The maximum absolute atomic E-state index is 12.9. The number of alkyl halides is 3. The number of amidine groups is 1. The number of rotatable bonds is 3. The molecule has 9 heteroatoms. The average Bonchev–Trinajstić information content (AvgIpc) is 2.90. The molecule has 2 heterocycles. The number of aromatic nitrogens is 1. The second kappa shape index (κ2) is 7.28. The average molecular weight is 400 g/mol. The summed E-state index contributed by atoms with van der Waals surface area (Å²) in [5.41, 5.74) is 0.321. The molecule has 3 rings (SSSR count). The zero-order chi connectivity index (χ0) is 18.9. The minimum absolute atomic E-state index is 0.0689. The van der Waals surface area contributed by atoms with Crippen molar-refractivity contribution in [1.82, 2.24) is 10.3 Å². The van der Waals surface area contributed by atoms with E-state index in [9.17, 15) is 18.0 Å². The van der Waals surface area contributed by atoms with Crippen LogP contribution in [-0.2, 0) is 17.4 Å². The fraction of sp³-hybridized carbons (Fsp3) is 0.235. The fourth-order valence-electron chi connectivity index (χ4n) is 2.39. The van der Waals surface area contributed by atoms with Crippen molar-refractivity contribution in [3.05, 3.63) is 58.2 Å². The first kappa shape index (κ1) is 18.7. The van der Waals surface area contributed by atoms with Crippen molar-refractivity contribution < 1.29 is 18.0 Å². The number of halogens is 4. The molecule has 1 amide bonds. The predicted molar refractivity (Wildman–Crippen MR) is 95.7 cm³/mol. The summed E-state index contributed by atoms with van der Waals surface area (Å²) in [4.78, 5) is 20.6. The van der Waals surface area contributed by atoms with Gasteiger partial charge in [-0.05, 0) is 48.7 Å². The number of thioether (sulfide) groups is 1.